The van der Waals surface area contributed by atoms with Crippen LogP contribution in [0.2, 0.25) is 0 Å². The maximum atomic E-state index is 10.8. The highest BCUT2D eigenvalue weighted by molar-refractivity contribution is 5.81. The minimum absolute atomic E-state index is 0.238. The number of rotatable bonds is 6. The first kappa shape index (κ1) is 11.7. The van der Waals surface area contributed by atoms with Gasteiger partial charge in [-0.1, -0.05) is 13.5 Å². The molecule has 0 bridgehead atoms. The van der Waals surface area contributed by atoms with E-state index in [1.165, 1.54) is 0 Å². The van der Waals surface area contributed by atoms with Gasteiger partial charge in [-0.2, -0.15) is 0 Å². The summed E-state index contributed by atoms with van der Waals surface area (Å²) in [4.78, 5) is 21.2. The number of esters is 1. The molecule has 0 spiro atoms. The second kappa shape index (κ2) is 6.22. The molecule has 0 aliphatic heterocycles. The van der Waals surface area contributed by atoms with Crippen LogP contribution < -0.4 is 5.73 Å². The van der Waals surface area contributed by atoms with Crippen molar-refractivity contribution in [2.45, 2.75) is 32.3 Å². The first-order valence-corrected chi connectivity index (χ1v) is 4.21. The third-order valence-corrected chi connectivity index (χ3v) is 1.62. The molecule has 0 saturated heterocycles. The van der Waals surface area contributed by atoms with Crippen LogP contribution in [0.25, 0.3) is 0 Å². The fourth-order valence-electron chi connectivity index (χ4n) is 0.862. The highest BCUT2D eigenvalue weighted by Gasteiger charge is 2.11. The summed E-state index contributed by atoms with van der Waals surface area (Å²) in [5, 5.41) is 0. The lowest BCUT2D eigenvalue weighted by molar-refractivity contribution is -0.144. The van der Waals surface area contributed by atoms with Crippen molar-refractivity contribution >= 4 is 11.9 Å². The van der Waals surface area contributed by atoms with Crippen molar-refractivity contribution in [3.05, 3.63) is 12.7 Å². The van der Waals surface area contributed by atoms with Crippen molar-refractivity contribution < 1.29 is 14.3 Å². The fourth-order valence-corrected chi connectivity index (χ4v) is 0.862. The molecule has 0 aliphatic rings. The summed E-state index contributed by atoms with van der Waals surface area (Å²) < 4.78 is 4.93. The van der Waals surface area contributed by atoms with E-state index in [9.17, 15) is 9.59 Å². The minimum Gasteiger partial charge on any atom is -0.459 e. The van der Waals surface area contributed by atoms with Crippen LogP contribution in [0.3, 0.4) is 0 Å². The van der Waals surface area contributed by atoms with Gasteiger partial charge in [-0.05, 0) is 12.8 Å². The third kappa shape index (κ3) is 5.90. The van der Waals surface area contributed by atoms with E-state index in [1.807, 2.05) is 6.92 Å². The van der Waals surface area contributed by atoms with Gasteiger partial charge in [-0.3, -0.25) is 4.79 Å². The number of ether oxygens (including phenoxy) is 1. The Balaban J connectivity index is 3.81. The molecule has 4 nitrogen and oxygen atoms in total. The SMILES string of the molecule is C=CC(=O)OC(CC)CCC(N)=O. The van der Waals surface area contributed by atoms with Crippen LogP contribution in [0.1, 0.15) is 26.2 Å². The highest BCUT2D eigenvalue weighted by Crippen LogP contribution is 2.06. The van der Waals surface area contributed by atoms with Gasteiger partial charge in [0.2, 0.25) is 5.91 Å². The number of carbonyl (C=O) groups is 2. The zero-order valence-electron chi connectivity index (χ0n) is 7.79. The van der Waals surface area contributed by atoms with Crippen molar-refractivity contribution in [3.8, 4) is 0 Å². The van der Waals surface area contributed by atoms with Gasteiger partial charge >= 0.3 is 5.97 Å². The number of primary amides is 1. The van der Waals surface area contributed by atoms with Crippen LogP contribution in [-0.2, 0) is 14.3 Å². The van der Waals surface area contributed by atoms with Gasteiger partial charge in [-0.25, -0.2) is 4.79 Å². The molecule has 0 aromatic rings. The number of amides is 1. The normalized spacial score (nSPS) is 11.8. The number of nitrogens with two attached hydrogens (primary N) is 1. The second-order valence-corrected chi connectivity index (χ2v) is 2.68. The third-order valence-electron chi connectivity index (χ3n) is 1.62. The zero-order valence-corrected chi connectivity index (χ0v) is 7.79. The predicted octanol–water partition coefficient (Wildman–Crippen LogP) is 0.760. The quantitative estimate of drug-likeness (QED) is 0.490. The van der Waals surface area contributed by atoms with Gasteiger partial charge in [-0.15, -0.1) is 0 Å². The maximum absolute atomic E-state index is 10.8. The summed E-state index contributed by atoms with van der Waals surface area (Å²) in [7, 11) is 0. The van der Waals surface area contributed by atoms with Gasteiger partial charge in [0, 0.05) is 12.5 Å². The van der Waals surface area contributed by atoms with Gasteiger partial charge < -0.3 is 10.5 Å². The number of hydrogen-bond donors (Lipinski definition) is 1. The number of carbonyl (C=O) groups excluding carboxylic acids is 2. The molecule has 0 rings (SSSR count). The van der Waals surface area contributed by atoms with E-state index in [1.54, 1.807) is 0 Å². The fraction of sp³-hybridized carbons (Fsp3) is 0.556. The monoisotopic (exact) mass is 185 g/mol. The van der Waals surface area contributed by atoms with E-state index in [0.717, 1.165) is 6.08 Å². The molecule has 0 heterocycles. The molecule has 1 amide bonds. The van der Waals surface area contributed by atoms with Crippen LogP contribution in [0.4, 0.5) is 0 Å². The molecule has 0 saturated carbocycles. The average Bonchev–Trinajstić information content (AvgIpc) is 2.11. The van der Waals surface area contributed by atoms with E-state index in [0.29, 0.717) is 12.8 Å². The maximum Gasteiger partial charge on any atom is 0.330 e. The van der Waals surface area contributed by atoms with Crippen LogP contribution in [-0.4, -0.2) is 18.0 Å². The predicted molar refractivity (Wildman–Crippen MR) is 48.8 cm³/mol. The van der Waals surface area contributed by atoms with Crippen LogP contribution in [0.5, 0.6) is 0 Å². The summed E-state index contributed by atoms with van der Waals surface area (Å²) in [6.07, 6.45) is 2.26. The molecule has 13 heavy (non-hydrogen) atoms. The van der Waals surface area contributed by atoms with Crippen molar-refractivity contribution in [1.29, 1.82) is 0 Å². The van der Waals surface area contributed by atoms with Crippen LogP contribution in [0.15, 0.2) is 12.7 Å². The first-order valence-electron chi connectivity index (χ1n) is 4.21. The standard InChI is InChI=1S/C9H15NO3/c1-3-7(5-6-8(10)11)13-9(12)4-2/h4,7H,2-3,5-6H2,1H3,(H2,10,11). The Labute approximate surface area is 77.7 Å². The van der Waals surface area contributed by atoms with E-state index in [2.05, 4.69) is 6.58 Å². The van der Waals surface area contributed by atoms with Gasteiger partial charge in [0.05, 0.1) is 0 Å². The second-order valence-electron chi connectivity index (χ2n) is 2.68. The highest BCUT2D eigenvalue weighted by atomic mass is 16.5. The summed E-state index contributed by atoms with van der Waals surface area (Å²) in [6.45, 7) is 5.15. The summed E-state index contributed by atoms with van der Waals surface area (Å²) in [5.74, 6) is -0.843. The molecule has 0 radical (unpaired) electrons. The lowest BCUT2D eigenvalue weighted by atomic mass is 10.1. The van der Waals surface area contributed by atoms with Crippen LogP contribution >= 0.6 is 0 Å². The lowest BCUT2D eigenvalue weighted by Crippen LogP contribution is -2.19. The molecular weight excluding hydrogens is 170 g/mol. The smallest absolute Gasteiger partial charge is 0.330 e. The minimum atomic E-state index is -0.462. The van der Waals surface area contributed by atoms with E-state index < -0.39 is 5.97 Å². The Hall–Kier alpha value is -1.32. The molecule has 0 aliphatic carbocycles. The molecule has 0 aromatic heterocycles. The molecule has 1 atom stereocenters. The van der Waals surface area contributed by atoms with Crippen LogP contribution in [0, 0.1) is 0 Å². The molecule has 0 aromatic carbocycles. The summed E-state index contributed by atoms with van der Waals surface area (Å²) >= 11 is 0. The van der Waals surface area contributed by atoms with Crippen molar-refractivity contribution in [3.63, 3.8) is 0 Å². The molecule has 4 heteroatoms. The Morgan fingerprint density at radius 2 is 2.23 bits per heavy atom. The average molecular weight is 185 g/mol. The molecule has 2 N–H and O–H groups in total. The Morgan fingerprint density at radius 1 is 1.62 bits per heavy atom. The molecule has 74 valence electrons. The van der Waals surface area contributed by atoms with E-state index in [-0.39, 0.29) is 18.4 Å². The van der Waals surface area contributed by atoms with Gasteiger partial charge in [0.15, 0.2) is 0 Å². The van der Waals surface area contributed by atoms with Gasteiger partial charge in [0.1, 0.15) is 6.10 Å². The number of hydrogen-bond acceptors (Lipinski definition) is 3. The Kier molecular flexibility index (Phi) is 5.59. The van der Waals surface area contributed by atoms with Crippen molar-refractivity contribution in [2.24, 2.45) is 5.73 Å². The van der Waals surface area contributed by atoms with Crippen molar-refractivity contribution in [2.75, 3.05) is 0 Å². The lowest BCUT2D eigenvalue weighted by Gasteiger charge is -2.13. The Bertz CT molecular complexity index is 201. The molecular formula is C9H15NO3. The van der Waals surface area contributed by atoms with Gasteiger partial charge in [0.25, 0.3) is 0 Å². The zero-order chi connectivity index (χ0) is 10.3. The Morgan fingerprint density at radius 3 is 2.62 bits per heavy atom. The first-order chi connectivity index (χ1) is 6.10. The topological polar surface area (TPSA) is 69.4 Å². The van der Waals surface area contributed by atoms with Crippen molar-refractivity contribution in [1.82, 2.24) is 0 Å². The molecule has 1 unspecified atom stereocenters. The molecule has 0 fully saturated rings. The summed E-state index contributed by atoms with van der Waals surface area (Å²) in [6, 6.07) is 0. The summed E-state index contributed by atoms with van der Waals surface area (Å²) in [5.41, 5.74) is 4.96. The van der Waals surface area contributed by atoms with E-state index >= 15 is 0 Å². The van der Waals surface area contributed by atoms with E-state index in [4.69, 9.17) is 10.5 Å². The largest absolute Gasteiger partial charge is 0.459 e.